The molecule has 6 heteroatoms. The predicted octanol–water partition coefficient (Wildman–Crippen LogP) is 0.982. The lowest BCUT2D eigenvalue weighted by atomic mass is 9.89. The zero-order chi connectivity index (χ0) is 12.4. The first-order valence-electron chi connectivity index (χ1n) is 5.27. The number of non-ortho nitro benzene ring substituents is 1. The molecule has 90 valence electrons. The number of nitro groups is 1. The van der Waals surface area contributed by atoms with Crippen LogP contribution in [0.2, 0.25) is 0 Å². The topological polar surface area (TPSA) is 92.5 Å². The second-order valence-electron chi connectivity index (χ2n) is 4.06. The van der Waals surface area contributed by atoms with Crippen molar-refractivity contribution in [1.29, 1.82) is 0 Å². The summed E-state index contributed by atoms with van der Waals surface area (Å²) >= 11 is 0. The molecular formula is C11H12N2O4. The van der Waals surface area contributed by atoms with Crippen LogP contribution in [-0.2, 0) is 4.79 Å². The minimum Gasteiger partial charge on any atom is -0.481 e. The summed E-state index contributed by atoms with van der Waals surface area (Å²) in [6.45, 7) is 0.945. The first kappa shape index (κ1) is 11.5. The zero-order valence-corrected chi connectivity index (χ0v) is 9.00. The van der Waals surface area contributed by atoms with Gasteiger partial charge in [-0.3, -0.25) is 14.9 Å². The molecule has 17 heavy (non-hydrogen) atoms. The van der Waals surface area contributed by atoms with Crippen molar-refractivity contribution >= 4 is 11.7 Å². The molecule has 1 fully saturated rings. The van der Waals surface area contributed by atoms with Crippen LogP contribution >= 0.6 is 0 Å². The van der Waals surface area contributed by atoms with Crippen molar-refractivity contribution in [3.63, 3.8) is 0 Å². The van der Waals surface area contributed by atoms with Gasteiger partial charge in [-0.25, -0.2) is 0 Å². The van der Waals surface area contributed by atoms with Crippen LogP contribution in [0.1, 0.15) is 11.5 Å². The summed E-state index contributed by atoms with van der Waals surface area (Å²) < 4.78 is 0. The summed E-state index contributed by atoms with van der Waals surface area (Å²) in [5.74, 6) is -1.59. The maximum Gasteiger partial charge on any atom is 0.308 e. The van der Waals surface area contributed by atoms with Gasteiger partial charge in [-0.2, -0.15) is 0 Å². The van der Waals surface area contributed by atoms with Gasteiger partial charge in [0.2, 0.25) is 0 Å². The second-order valence-corrected chi connectivity index (χ2v) is 4.06. The molecule has 1 heterocycles. The molecule has 1 aliphatic rings. The molecule has 1 aromatic rings. The Kier molecular flexibility index (Phi) is 3.06. The summed E-state index contributed by atoms with van der Waals surface area (Å²) in [4.78, 5) is 21.2. The van der Waals surface area contributed by atoms with Crippen LogP contribution in [0.4, 0.5) is 5.69 Å². The monoisotopic (exact) mass is 236 g/mol. The minimum atomic E-state index is -0.869. The van der Waals surface area contributed by atoms with E-state index in [0.29, 0.717) is 18.7 Å². The third-order valence-corrected chi connectivity index (χ3v) is 3.04. The average molecular weight is 236 g/mol. The van der Waals surface area contributed by atoms with Gasteiger partial charge in [-0.1, -0.05) is 12.1 Å². The predicted molar refractivity (Wildman–Crippen MR) is 59.8 cm³/mol. The first-order chi connectivity index (χ1) is 8.09. The lowest BCUT2D eigenvalue weighted by Gasteiger charge is -2.14. The van der Waals surface area contributed by atoms with E-state index in [0.717, 1.165) is 0 Å². The van der Waals surface area contributed by atoms with Crippen LogP contribution in [0.25, 0.3) is 0 Å². The van der Waals surface area contributed by atoms with E-state index in [-0.39, 0.29) is 11.6 Å². The Morgan fingerprint density at radius 3 is 2.88 bits per heavy atom. The number of carboxylic acids is 1. The molecule has 1 aliphatic heterocycles. The fraction of sp³-hybridized carbons (Fsp3) is 0.364. The molecule has 0 saturated carbocycles. The van der Waals surface area contributed by atoms with E-state index in [9.17, 15) is 14.9 Å². The van der Waals surface area contributed by atoms with Crippen LogP contribution in [-0.4, -0.2) is 29.1 Å². The van der Waals surface area contributed by atoms with E-state index >= 15 is 0 Å². The lowest BCUT2D eigenvalue weighted by molar-refractivity contribution is -0.384. The van der Waals surface area contributed by atoms with E-state index in [2.05, 4.69) is 5.32 Å². The fourth-order valence-electron chi connectivity index (χ4n) is 2.16. The molecule has 1 saturated heterocycles. The highest BCUT2D eigenvalue weighted by Crippen LogP contribution is 2.30. The van der Waals surface area contributed by atoms with E-state index in [4.69, 9.17) is 5.11 Å². The van der Waals surface area contributed by atoms with Crippen molar-refractivity contribution in [3.05, 3.63) is 39.9 Å². The summed E-state index contributed by atoms with van der Waals surface area (Å²) in [6.07, 6.45) is 0. The standard InChI is InChI=1S/C11H12N2O4/c14-11(15)10-6-12-5-9(10)7-2-1-3-8(4-7)13(16)17/h1-4,9-10,12H,5-6H2,(H,14,15)/t9-,10+/m1/s1. The number of rotatable bonds is 3. The lowest BCUT2D eigenvalue weighted by Crippen LogP contribution is -2.21. The zero-order valence-electron chi connectivity index (χ0n) is 9.00. The smallest absolute Gasteiger partial charge is 0.308 e. The summed E-state index contributed by atoms with van der Waals surface area (Å²) in [6, 6.07) is 6.18. The fourth-order valence-corrected chi connectivity index (χ4v) is 2.16. The van der Waals surface area contributed by atoms with Gasteiger partial charge in [0.05, 0.1) is 10.8 Å². The van der Waals surface area contributed by atoms with Crippen LogP contribution in [0.15, 0.2) is 24.3 Å². The molecule has 0 bridgehead atoms. The highest BCUT2D eigenvalue weighted by molar-refractivity contribution is 5.72. The molecule has 0 aliphatic carbocycles. The van der Waals surface area contributed by atoms with Crippen molar-refractivity contribution in [2.45, 2.75) is 5.92 Å². The van der Waals surface area contributed by atoms with Gasteiger partial charge in [0.15, 0.2) is 0 Å². The third kappa shape index (κ3) is 2.26. The first-order valence-corrected chi connectivity index (χ1v) is 5.27. The van der Waals surface area contributed by atoms with E-state index in [1.54, 1.807) is 12.1 Å². The number of aliphatic carboxylic acids is 1. The second kappa shape index (κ2) is 4.50. The molecule has 0 radical (unpaired) electrons. The number of nitrogens with one attached hydrogen (secondary N) is 1. The SMILES string of the molecule is O=C(O)[C@H]1CNC[C@@H]1c1cccc([N+](=O)[O-])c1. The van der Waals surface area contributed by atoms with Crippen molar-refractivity contribution in [3.8, 4) is 0 Å². The molecule has 0 amide bonds. The van der Waals surface area contributed by atoms with Gasteiger partial charge in [0.25, 0.3) is 5.69 Å². The molecule has 2 atom stereocenters. The maximum atomic E-state index is 11.0. The van der Waals surface area contributed by atoms with Crippen molar-refractivity contribution in [2.24, 2.45) is 5.92 Å². The Morgan fingerprint density at radius 2 is 2.24 bits per heavy atom. The molecule has 1 aromatic carbocycles. The summed E-state index contributed by atoms with van der Waals surface area (Å²) in [5, 5.41) is 22.7. The van der Waals surface area contributed by atoms with Gasteiger partial charge in [0, 0.05) is 31.1 Å². The number of nitro benzene ring substituents is 1. The molecule has 0 aromatic heterocycles. The van der Waals surface area contributed by atoms with E-state index in [1.165, 1.54) is 12.1 Å². The highest BCUT2D eigenvalue weighted by atomic mass is 16.6. The Hall–Kier alpha value is -1.95. The average Bonchev–Trinajstić information content (AvgIpc) is 2.78. The van der Waals surface area contributed by atoms with Gasteiger partial charge in [-0.15, -0.1) is 0 Å². The number of carboxylic acid groups (broad SMARTS) is 1. The summed E-state index contributed by atoms with van der Waals surface area (Å²) in [5.41, 5.74) is 0.704. The molecule has 0 spiro atoms. The Labute approximate surface area is 97.4 Å². The number of hydrogen-bond donors (Lipinski definition) is 2. The van der Waals surface area contributed by atoms with E-state index in [1.807, 2.05) is 0 Å². The summed E-state index contributed by atoms with van der Waals surface area (Å²) in [7, 11) is 0. The van der Waals surface area contributed by atoms with Gasteiger partial charge in [-0.05, 0) is 5.56 Å². The Balaban J connectivity index is 2.30. The quantitative estimate of drug-likeness (QED) is 0.603. The molecule has 2 N–H and O–H groups in total. The van der Waals surface area contributed by atoms with Crippen molar-refractivity contribution in [2.75, 3.05) is 13.1 Å². The van der Waals surface area contributed by atoms with Crippen LogP contribution in [0.5, 0.6) is 0 Å². The van der Waals surface area contributed by atoms with Crippen molar-refractivity contribution < 1.29 is 14.8 Å². The van der Waals surface area contributed by atoms with Crippen molar-refractivity contribution in [1.82, 2.24) is 5.32 Å². The largest absolute Gasteiger partial charge is 0.481 e. The van der Waals surface area contributed by atoms with Gasteiger partial charge in [0.1, 0.15) is 0 Å². The normalized spacial score (nSPS) is 23.5. The number of nitrogens with zero attached hydrogens (tertiary/aromatic N) is 1. The van der Waals surface area contributed by atoms with Crippen LogP contribution < -0.4 is 5.32 Å². The number of benzene rings is 1. The molecule has 2 rings (SSSR count). The van der Waals surface area contributed by atoms with Gasteiger partial charge < -0.3 is 10.4 Å². The molecule has 0 unspecified atom stereocenters. The highest BCUT2D eigenvalue weighted by Gasteiger charge is 2.34. The Bertz CT molecular complexity index is 461. The molecule has 6 nitrogen and oxygen atoms in total. The van der Waals surface area contributed by atoms with Crippen LogP contribution in [0, 0.1) is 16.0 Å². The number of carbonyl (C=O) groups is 1. The Morgan fingerprint density at radius 1 is 1.47 bits per heavy atom. The van der Waals surface area contributed by atoms with Gasteiger partial charge >= 0.3 is 5.97 Å². The van der Waals surface area contributed by atoms with Crippen LogP contribution in [0.3, 0.4) is 0 Å². The minimum absolute atomic E-state index is 0.00135. The maximum absolute atomic E-state index is 11.0. The third-order valence-electron chi connectivity index (χ3n) is 3.04. The number of hydrogen-bond acceptors (Lipinski definition) is 4. The molecular weight excluding hydrogens is 224 g/mol. The van der Waals surface area contributed by atoms with E-state index < -0.39 is 16.8 Å².